The van der Waals surface area contributed by atoms with Gasteiger partial charge in [-0.15, -0.1) is 0 Å². The highest BCUT2D eigenvalue weighted by molar-refractivity contribution is 6.30. The molecular weight excluding hydrogens is 281 g/mol. The fourth-order valence-electron chi connectivity index (χ4n) is 1.50. The Kier molecular flexibility index (Phi) is 5.62. The summed E-state index contributed by atoms with van der Waals surface area (Å²) in [4.78, 5) is 11.1. The second-order valence-corrected chi connectivity index (χ2v) is 4.34. The molecule has 1 amide bonds. The predicted octanol–water partition coefficient (Wildman–Crippen LogP) is 2.58. The lowest BCUT2D eigenvalue weighted by molar-refractivity contribution is -0.137. The van der Waals surface area contributed by atoms with Crippen LogP contribution in [0.1, 0.15) is 18.1 Å². The molecule has 0 saturated carbocycles. The number of benzene rings is 1. The summed E-state index contributed by atoms with van der Waals surface area (Å²) in [5.74, 6) is -0.208. The Morgan fingerprint density at radius 1 is 1.32 bits per heavy atom. The summed E-state index contributed by atoms with van der Waals surface area (Å²) in [6.07, 6.45) is -4.43. The molecule has 2 N–H and O–H groups in total. The minimum atomic E-state index is -4.43. The molecule has 0 radical (unpaired) electrons. The molecule has 0 atom stereocenters. The van der Waals surface area contributed by atoms with E-state index in [9.17, 15) is 18.0 Å². The van der Waals surface area contributed by atoms with Gasteiger partial charge >= 0.3 is 6.18 Å². The second kappa shape index (κ2) is 6.77. The van der Waals surface area contributed by atoms with Crippen molar-refractivity contribution in [3.8, 4) is 0 Å². The molecule has 7 heteroatoms. The molecule has 1 aromatic carbocycles. The molecule has 1 aromatic rings. The van der Waals surface area contributed by atoms with Crippen LogP contribution >= 0.6 is 11.6 Å². The van der Waals surface area contributed by atoms with E-state index in [4.69, 9.17) is 11.6 Å². The van der Waals surface area contributed by atoms with Gasteiger partial charge in [-0.3, -0.25) is 4.79 Å². The van der Waals surface area contributed by atoms with E-state index in [-0.39, 0.29) is 24.0 Å². The van der Waals surface area contributed by atoms with E-state index < -0.39 is 11.7 Å². The maximum atomic E-state index is 12.6. The summed E-state index contributed by atoms with van der Waals surface area (Å²) < 4.78 is 37.7. The van der Waals surface area contributed by atoms with Crippen LogP contribution in [-0.4, -0.2) is 19.0 Å². The van der Waals surface area contributed by atoms with Gasteiger partial charge in [-0.1, -0.05) is 11.6 Å². The van der Waals surface area contributed by atoms with Gasteiger partial charge in [-0.2, -0.15) is 13.2 Å². The fraction of sp³-hybridized carbons (Fsp3) is 0.417. The lowest BCUT2D eigenvalue weighted by atomic mass is 10.1. The Morgan fingerprint density at radius 2 is 2.00 bits per heavy atom. The molecule has 3 nitrogen and oxygen atoms in total. The van der Waals surface area contributed by atoms with Crippen LogP contribution in [0.2, 0.25) is 5.02 Å². The van der Waals surface area contributed by atoms with E-state index in [2.05, 4.69) is 10.6 Å². The van der Waals surface area contributed by atoms with Crippen LogP contribution in [0.4, 0.5) is 13.2 Å². The van der Waals surface area contributed by atoms with Crippen LogP contribution in [0, 0.1) is 0 Å². The van der Waals surface area contributed by atoms with E-state index in [1.54, 1.807) is 6.92 Å². The fourth-order valence-corrected chi connectivity index (χ4v) is 1.75. The highest BCUT2D eigenvalue weighted by Crippen LogP contribution is 2.31. The van der Waals surface area contributed by atoms with Gasteiger partial charge < -0.3 is 10.6 Å². The molecule has 19 heavy (non-hydrogen) atoms. The number of hydrogen-bond donors (Lipinski definition) is 2. The Hall–Kier alpha value is -1.27. The normalized spacial score (nSPS) is 11.4. The van der Waals surface area contributed by atoms with Crippen molar-refractivity contribution in [1.82, 2.24) is 10.6 Å². The largest absolute Gasteiger partial charge is 0.416 e. The standard InChI is InChI=1S/C12H14ClF3N2O/c1-2-18-11(19)7-17-6-8-3-9(12(14,15)16)5-10(13)4-8/h3-5,17H,2,6-7H2,1H3,(H,18,19). The van der Waals surface area contributed by atoms with Gasteiger partial charge in [0.1, 0.15) is 0 Å². The molecule has 0 aliphatic heterocycles. The lowest BCUT2D eigenvalue weighted by Crippen LogP contribution is -2.33. The first-order valence-electron chi connectivity index (χ1n) is 5.67. The highest BCUT2D eigenvalue weighted by Gasteiger charge is 2.31. The van der Waals surface area contributed by atoms with Crippen LogP contribution in [-0.2, 0) is 17.5 Å². The van der Waals surface area contributed by atoms with Crippen LogP contribution in [0.3, 0.4) is 0 Å². The number of carbonyl (C=O) groups excluding carboxylic acids is 1. The average Bonchev–Trinajstić information content (AvgIpc) is 2.27. The van der Waals surface area contributed by atoms with Gasteiger partial charge in [-0.05, 0) is 30.7 Å². The summed E-state index contributed by atoms with van der Waals surface area (Å²) in [6, 6.07) is 3.31. The van der Waals surface area contributed by atoms with E-state index in [1.165, 1.54) is 6.07 Å². The maximum Gasteiger partial charge on any atom is 0.416 e. The number of alkyl halides is 3. The Morgan fingerprint density at radius 3 is 2.58 bits per heavy atom. The smallest absolute Gasteiger partial charge is 0.355 e. The van der Waals surface area contributed by atoms with Crippen molar-refractivity contribution in [2.75, 3.05) is 13.1 Å². The van der Waals surface area contributed by atoms with Crippen molar-refractivity contribution in [1.29, 1.82) is 0 Å². The third-order valence-corrected chi connectivity index (χ3v) is 2.49. The van der Waals surface area contributed by atoms with Gasteiger partial charge in [0.15, 0.2) is 0 Å². The molecular formula is C12H14ClF3N2O. The molecule has 0 bridgehead atoms. The SMILES string of the molecule is CCNC(=O)CNCc1cc(Cl)cc(C(F)(F)F)c1. The first-order chi connectivity index (χ1) is 8.82. The van der Waals surface area contributed by atoms with Crippen LogP contribution < -0.4 is 10.6 Å². The first-order valence-corrected chi connectivity index (χ1v) is 6.04. The van der Waals surface area contributed by atoms with Gasteiger partial charge in [-0.25, -0.2) is 0 Å². The third-order valence-electron chi connectivity index (χ3n) is 2.27. The molecule has 0 spiro atoms. The van der Waals surface area contributed by atoms with Crippen LogP contribution in [0.15, 0.2) is 18.2 Å². The van der Waals surface area contributed by atoms with E-state index in [0.29, 0.717) is 12.1 Å². The molecule has 0 aliphatic rings. The van der Waals surface area contributed by atoms with Crippen molar-refractivity contribution in [3.63, 3.8) is 0 Å². The predicted molar refractivity (Wildman–Crippen MR) is 66.8 cm³/mol. The Bertz CT molecular complexity index is 449. The number of hydrogen-bond acceptors (Lipinski definition) is 2. The van der Waals surface area contributed by atoms with Gasteiger partial charge in [0.2, 0.25) is 5.91 Å². The molecule has 0 unspecified atom stereocenters. The molecule has 0 aliphatic carbocycles. The van der Waals surface area contributed by atoms with E-state index in [1.807, 2.05) is 0 Å². The molecule has 0 aromatic heterocycles. The number of carbonyl (C=O) groups is 1. The van der Waals surface area contributed by atoms with Crippen molar-refractivity contribution < 1.29 is 18.0 Å². The van der Waals surface area contributed by atoms with Crippen LogP contribution in [0.5, 0.6) is 0 Å². The van der Waals surface area contributed by atoms with Crippen molar-refractivity contribution in [2.45, 2.75) is 19.6 Å². The number of amides is 1. The number of rotatable bonds is 5. The Labute approximate surface area is 114 Å². The number of nitrogens with one attached hydrogen (secondary N) is 2. The van der Waals surface area contributed by atoms with Gasteiger partial charge in [0, 0.05) is 18.1 Å². The quantitative estimate of drug-likeness (QED) is 0.876. The molecule has 1 rings (SSSR count). The molecule has 0 fully saturated rings. The second-order valence-electron chi connectivity index (χ2n) is 3.90. The summed E-state index contributed by atoms with van der Waals surface area (Å²) in [5.41, 5.74) is -0.418. The Balaban J connectivity index is 2.64. The monoisotopic (exact) mass is 294 g/mol. The van der Waals surface area contributed by atoms with E-state index >= 15 is 0 Å². The van der Waals surface area contributed by atoms with Crippen molar-refractivity contribution in [2.24, 2.45) is 0 Å². The van der Waals surface area contributed by atoms with E-state index in [0.717, 1.165) is 12.1 Å². The number of halogens is 4. The third kappa shape index (κ3) is 5.48. The summed E-state index contributed by atoms with van der Waals surface area (Å²) >= 11 is 5.64. The zero-order valence-electron chi connectivity index (χ0n) is 10.3. The molecule has 0 heterocycles. The van der Waals surface area contributed by atoms with Crippen LogP contribution in [0.25, 0.3) is 0 Å². The average molecular weight is 295 g/mol. The zero-order chi connectivity index (χ0) is 14.5. The minimum absolute atomic E-state index is 0.0182. The minimum Gasteiger partial charge on any atom is -0.355 e. The molecule has 0 saturated heterocycles. The number of likely N-dealkylation sites (N-methyl/N-ethyl adjacent to an activating group) is 1. The van der Waals surface area contributed by atoms with Gasteiger partial charge in [0.05, 0.1) is 12.1 Å². The van der Waals surface area contributed by atoms with Gasteiger partial charge in [0.25, 0.3) is 0 Å². The lowest BCUT2D eigenvalue weighted by Gasteiger charge is -2.10. The summed E-state index contributed by atoms with van der Waals surface area (Å²) in [7, 11) is 0. The van der Waals surface area contributed by atoms with Crippen molar-refractivity contribution >= 4 is 17.5 Å². The summed E-state index contributed by atoms with van der Waals surface area (Å²) in [5, 5.41) is 5.34. The van der Waals surface area contributed by atoms with Crippen molar-refractivity contribution in [3.05, 3.63) is 34.3 Å². The zero-order valence-corrected chi connectivity index (χ0v) is 11.0. The highest BCUT2D eigenvalue weighted by atomic mass is 35.5. The topological polar surface area (TPSA) is 41.1 Å². The first kappa shape index (κ1) is 15.8. The summed E-state index contributed by atoms with van der Waals surface area (Å²) in [6.45, 7) is 2.48. The molecule has 106 valence electrons. The maximum absolute atomic E-state index is 12.6.